The number of imidazole rings is 1. The molecule has 0 unspecified atom stereocenters. The molecule has 0 radical (unpaired) electrons. The summed E-state index contributed by atoms with van der Waals surface area (Å²) in [6.45, 7) is 5.06. The van der Waals surface area contributed by atoms with Gasteiger partial charge in [0, 0.05) is 30.8 Å². The van der Waals surface area contributed by atoms with Crippen molar-refractivity contribution in [2.24, 2.45) is 0 Å². The number of ether oxygens (including phenoxy) is 1. The van der Waals surface area contributed by atoms with Crippen LogP contribution in [0.2, 0.25) is 0 Å². The van der Waals surface area contributed by atoms with Crippen LogP contribution in [0.4, 0.5) is 0 Å². The zero-order valence-corrected chi connectivity index (χ0v) is 18.1. The van der Waals surface area contributed by atoms with Crippen LogP contribution in [0.1, 0.15) is 42.3 Å². The standard InChI is InChI=1S/C23H26N4OS/c1-16(26(3)13-19-14-29-23(25-19)17(2)28-4)18-9-11-20(12-10-18)27-15-24-21-7-5-6-8-22(21)27/h5-12,14-17H,13H2,1-4H3/t16-,17-/m1/s1. The van der Waals surface area contributed by atoms with Gasteiger partial charge in [0.1, 0.15) is 17.4 Å². The molecule has 6 heteroatoms. The van der Waals surface area contributed by atoms with Crippen LogP contribution in [0.25, 0.3) is 16.7 Å². The summed E-state index contributed by atoms with van der Waals surface area (Å²) >= 11 is 1.66. The Kier molecular flexibility index (Phi) is 5.76. The van der Waals surface area contributed by atoms with Crippen molar-refractivity contribution in [3.8, 4) is 5.69 Å². The van der Waals surface area contributed by atoms with Gasteiger partial charge in [0.25, 0.3) is 0 Å². The molecule has 29 heavy (non-hydrogen) atoms. The van der Waals surface area contributed by atoms with E-state index in [0.717, 1.165) is 34.0 Å². The van der Waals surface area contributed by atoms with Crippen LogP contribution in [0.5, 0.6) is 0 Å². The van der Waals surface area contributed by atoms with Gasteiger partial charge in [0.15, 0.2) is 0 Å². The van der Waals surface area contributed by atoms with Crippen molar-refractivity contribution in [3.05, 3.63) is 76.5 Å². The smallest absolute Gasteiger partial charge is 0.122 e. The molecule has 0 fully saturated rings. The van der Waals surface area contributed by atoms with Gasteiger partial charge < -0.3 is 4.74 Å². The first kappa shape index (κ1) is 19.8. The molecule has 0 spiro atoms. The fourth-order valence-electron chi connectivity index (χ4n) is 3.41. The third kappa shape index (κ3) is 4.10. The molecule has 4 rings (SSSR count). The van der Waals surface area contributed by atoms with Crippen molar-refractivity contribution in [1.82, 2.24) is 19.4 Å². The van der Waals surface area contributed by atoms with Gasteiger partial charge in [-0.25, -0.2) is 9.97 Å². The zero-order valence-electron chi connectivity index (χ0n) is 17.2. The molecular formula is C23H26N4OS. The summed E-state index contributed by atoms with van der Waals surface area (Å²) in [5.41, 5.74) is 5.62. The van der Waals surface area contributed by atoms with Crippen LogP contribution in [-0.2, 0) is 11.3 Å². The van der Waals surface area contributed by atoms with E-state index in [1.165, 1.54) is 5.56 Å². The summed E-state index contributed by atoms with van der Waals surface area (Å²) in [4.78, 5) is 11.5. The van der Waals surface area contributed by atoms with E-state index in [1.807, 2.05) is 31.5 Å². The van der Waals surface area contributed by atoms with Crippen molar-refractivity contribution >= 4 is 22.4 Å². The Morgan fingerprint density at radius 1 is 1.10 bits per heavy atom. The first-order chi connectivity index (χ1) is 14.1. The molecule has 0 aliphatic heterocycles. The van der Waals surface area contributed by atoms with Gasteiger partial charge in [-0.15, -0.1) is 11.3 Å². The molecule has 0 amide bonds. The van der Waals surface area contributed by atoms with Gasteiger partial charge in [-0.3, -0.25) is 9.47 Å². The molecule has 0 aliphatic carbocycles. The average Bonchev–Trinajstić information content (AvgIpc) is 3.40. The summed E-state index contributed by atoms with van der Waals surface area (Å²) in [6.07, 6.45) is 1.93. The van der Waals surface area contributed by atoms with Crippen LogP contribution in [0, 0.1) is 0 Å². The van der Waals surface area contributed by atoms with Crippen molar-refractivity contribution in [1.29, 1.82) is 0 Å². The maximum absolute atomic E-state index is 5.37. The largest absolute Gasteiger partial charge is 0.375 e. The monoisotopic (exact) mass is 406 g/mol. The van der Waals surface area contributed by atoms with E-state index < -0.39 is 0 Å². The number of benzene rings is 2. The van der Waals surface area contributed by atoms with Gasteiger partial charge in [-0.1, -0.05) is 24.3 Å². The molecule has 2 heterocycles. The summed E-state index contributed by atoms with van der Waals surface area (Å²) in [7, 11) is 3.86. The van der Waals surface area contributed by atoms with Crippen LogP contribution >= 0.6 is 11.3 Å². The lowest BCUT2D eigenvalue weighted by Gasteiger charge is -2.24. The molecule has 2 aromatic carbocycles. The quantitative estimate of drug-likeness (QED) is 0.413. The van der Waals surface area contributed by atoms with Crippen LogP contribution in [0.15, 0.2) is 60.2 Å². The first-order valence-corrected chi connectivity index (χ1v) is 10.6. The zero-order chi connectivity index (χ0) is 20.4. The molecule has 0 saturated carbocycles. The van der Waals surface area contributed by atoms with Gasteiger partial charge in [-0.2, -0.15) is 0 Å². The van der Waals surface area contributed by atoms with Crippen LogP contribution < -0.4 is 0 Å². The van der Waals surface area contributed by atoms with E-state index in [2.05, 4.69) is 64.1 Å². The Morgan fingerprint density at radius 3 is 2.62 bits per heavy atom. The van der Waals surface area contributed by atoms with Gasteiger partial charge in [-0.05, 0) is 50.7 Å². The Bertz CT molecular complexity index is 1090. The number of aromatic nitrogens is 3. The van der Waals surface area contributed by atoms with Crippen molar-refractivity contribution in [2.75, 3.05) is 14.2 Å². The molecule has 5 nitrogen and oxygen atoms in total. The van der Waals surface area contributed by atoms with Crippen molar-refractivity contribution in [3.63, 3.8) is 0 Å². The van der Waals surface area contributed by atoms with Gasteiger partial charge >= 0.3 is 0 Å². The summed E-state index contributed by atoms with van der Waals surface area (Å²) in [5, 5.41) is 3.15. The minimum absolute atomic E-state index is 0.0447. The van der Waals surface area contributed by atoms with E-state index in [1.54, 1.807) is 18.4 Å². The second-order valence-electron chi connectivity index (χ2n) is 7.34. The van der Waals surface area contributed by atoms with Gasteiger partial charge in [0.2, 0.25) is 0 Å². The number of hydrogen-bond donors (Lipinski definition) is 0. The van der Waals surface area contributed by atoms with E-state index in [9.17, 15) is 0 Å². The number of thiazole rings is 1. The van der Waals surface area contributed by atoms with E-state index >= 15 is 0 Å². The first-order valence-electron chi connectivity index (χ1n) is 9.76. The van der Waals surface area contributed by atoms with Gasteiger partial charge in [0.05, 0.1) is 16.7 Å². The number of hydrogen-bond acceptors (Lipinski definition) is 5. The fraction of sp³-hybridized carbons (Fsp3) is 0.304. The molecule has 150 valence electrons. The minimum Gasteiger partial charge on any atom is -0.375 e. The molecule has 2 atom stereocenters. The maximum Gasteiger partial charge on any atom is 0.122 e. The summed E-state index contributed by atoms with van der Waals surface area (Å²) < 4.78 is 7.49. The Morgan fingerprint density at radius 2 is 1.86 bits per heavy atom. The molecular weight excluding hydrogens is 380 g/mol. The van der Waals surface area contributed by atoms with Crippen molar-refractivity contribution in [2.45, 2.75) is 32.5 Å². The second-order valence-corrected chi connectivity index (χ2v) is 8.23. The highest BCUT2D eigenvalue weighted by molar-refractivity contribution is 7.09. The SMILES string of the molecule is CO[C@H](C)c1nc(CN(C)[C@H](C)c2ccc(-n3cnc4ccccc43)cc2)cs1. The maximum atomic E-state index is 5.37. The third-order valence-electron chi connectivity index (χ3n) is 5.45. The fourth-order valence-corrected chi connectivity index (χ4v) is 4.25. The summed E-state index contributed by atoms with van der Waals surface area (Å²) in [5.74, 6) is 0. The molecule has 0 N–H and O–H groups in total. The Balaban J connectivity index is 1.47. The lowest BCUT2D eigenvalue weighted by molar-refractivity contribution is 0.119. The van der Waals surface area contributed by atoms with E-state index in [4.69, 9.17) is 9.72 Å². The Labute approximate surface area is 175 Å². The number of rotatable bonds is 7. The minimum atomic E-state index is 0.0447. The van der Waals surface area contributed by atoms with E-state index in [-0.39, 0.29) is 12.1 Å². The highest BCUT2D eigenvalue weighted by Crippen LogP contribution is 2.25. The third-order valence-corrected chi connectivity index (χ3v) is 6.51. The highest BCUT2D eigenvalue weighted by Gasteiger charge is 2.15. The number of fused-ring (bicyclic) bond motifs is 1. The number of para-hydroxylation sites is 2. The predicted molar refractivity (Wildman–Crippen MR) is 118 cm³/mol. The molecule has 0 bridgehead atoms. The van der Waals surface area contributed by atoms with Crippen LogP contribution in [-0.4, -0.2) is 33.6 Å². The highest BCUT2D eigenvalue weighted by atomic mass is 32.1. The number of nitrogens with zero attached hydrogens (tertiary/aromatic N) is 4. The molecule has 2 aromatic heterocycles. The Hall–Kier alpha value is -2.54. The normalized spacial score (nSPS) is 13.8. The van der Waals surface area contributed by atoms with E-state index in [0.29, 0.717) is 0 Å². The second kappa shape index (κ2) is 8.45. The molecule has 4 aromatic rings. The molecule has 0 saturated heterocycles. The lowest BCUT2D eigenvalue weighted by Crippen LogP contribution is -2.22. The van der Waals surface area contributed by atoms with Crippen LogP contribution in [0.3, 0.4) is 0 Å². The summed E-state index contributed by atoms with van der Waals surface area (Å²) in [6, 6.07) is 17.2. The van der Waals surface area contributed by atoms with Crippen molar-refractivity contribution < 1.29 is 4.74 Å². The lowest BCUT2D eigenvalue weighted by atomic mass is 10.1. The average molecular weight is 407 g/mol. The topological polar surface area (TPSA) is 43.2 Å². The predicted octanol–water partition coefficient (Wildman–Crippen LogP) is 5.38. The molecule has 0 aliphatic rings. The number of methoxy groups -OCH3 is 1.